The number of aliphatic hydroxyl groups is 1. The fourth-order valence-corrected chi connectivity index (χ4v) is 2.54. The number of nitrogens with zero attached hydrogens (tertiary/aromatic N) is 2. The minimum absolute atomic E-state index is 0.0172. The van der Waals surface area contributed by atoms with Crippen molar-refractivity contribution in [1.82, 2.24) is 15.6 Å². The van der Waals surface area contributed by atoms with Gasteiger partial charge in [-0.05, 0) is 43.2 Å². The van der Waals surface area contributed by atoms with Crippen LogP contribution in [0.25, 0.3) is 0 Å². The Morgan fingerprint density at radius 3 is 2.55 bits per heavy atom. The van der Waals surface area contributed by atoms with Gasteiger partial charge in [-0.3, -0.25) is 9.79 Å². The van der Waals surface area contributed by atoms with Crippen LogP contribution in [0, 0.1) is 6.92 Å². The summed E-state index contributed by atoms with van der Waals surface area (Å²) in [7, 11) is 0. The number of carbonyl (C=O) groups is 1. The van der Waals surface area contributed by atoms with Gasteiger partial charge in [0.05, 0.1) is 12.6 Å². The molecule has 0 fully saturated rings. The number of hydrogen-bond acceptors (Lipinski definition) is 5. The van der Waals surface area contributed by atoms with E-state index < -0.39 is 12.7 Å². The first-order valence-electron chi connectivity index (χ1n) is 9.85. The maximum absolute atomic E-state index is 12.2. The van der Waals surface area contributed by atoms with E-state index in [4.69, 9.17) is 0 Å². The van der Waals surface area contributed by atoms with Gasteiger partial charge in [0.2, 0.25) is 5.91 Å². The number of alkyl halides is 2. The highest BCUT2D eigenvalue weighted by Crippen LogP contribution is 2.19. The molecule has 168 valence electrons. The Bertz CT molecular complexity index is 845. The van der Waals surface area contributed by atoms with E-state index in [2.05, 4.69) is 30.7 Å². The molecule has 0 bridgehead atoms. The molecule has 4 N–H and O–H groups in total. The highest BCUT2D eigenvalue weighted by molar-refractivity contribution is 5.90. The lowest BCUT2D eigenvalue weighted by Crippen LogP contribution is -2.39. The Labute approximate surface area is 179 Å². The summed E-state index contributed by atoms with van der Waals surface area (Å²) < 4.78 is 28.7. The summed E-state index contributed by atoms with van der Waals surface area (Å²) in [5.74, 6) is 0.763. The SMILES string of the molecule is CCNC(=NCC(O)c1ccc(OC(F)F)cc1)NCCC(=O)Nc1ccc(C)cn1. The zero-order chi connectivity index (χ0) is 22.6. The van der Waals surface area contributed by atoms with Crippen LogP contribution in [0.3, 0.4) is 0 Å². The van der Waals surface area contributed by atoms with Crippen molar-refractivity contribution < 1.29 is 23.4 Å². The molecule has 31 heavy (non-hydrogen) atoms. The van der Waals surface area contributed by atoms with Gasteiger partial charge in [-0.1, -0.05) is 18.2 Å². The van der Waals surface area contributed by atoms with Crippen molar-refractivity contribution in [2.45, 2.75) is 33.0 Å². The fraction of sp³-hybridized carbons (Fsp3) is 0.381. The van der Waals surface area contributed by atoms with Gasteiger partial charge in [-0.2, -0.15) is 8.78 Å². The number of anilines is 1. The van der Waals surface area contributed by atoms with Gasteiger partial charge in [0.1, 0.15) is 11.6 Å². The number of nitrogens with one attached hydrogen (secondary N) is 3. The van der Waals surface area contributed by atoms with Gasteiger partial charge in [-0.25, -0.2) is 4.98 Å². The molecule has 1 aromatic carbocycles. The van der Waals surface area contributed by atoms with E-state index in [9.17, 15) is 18.7 Å². The number of pyridine rings is 1. The van der Waals surface area contributed by atoms with Crippen LogP contribution in [0.4, 0.5) is 14.6 Å². The molecule has 10 heteroatoms. The standard InChI is InChI=1S/C21H27F2N5O3/c1-3-24-21(25-11-10-19(30)28-18-9-4-14(2)12-26-18)27-13-17(29)15-5-7-16(8-6-15)31-20(22)23/h4-9,12,17,20,29H,3,10-11,13H2,1-2H3,(H2,24,25,27)(H,26,28,30). The summed E-state index contributed by atoms with van der Waals surface area (Å²) in [6, 6.07) is 9.32. The molecule has 0 saturated heterocycles. The van der Waals surface area contributed by atoms with E-state index in [0.717, 1.165) is 5.56 Å². The normalized spacial score (nSPS) is 12.4. The van der Waals surface area contributed by atoms with Crippen LogP contribution in [0.1, 0.15) is 30.6 Å². The van der Waals surface area contributed by atoms with E-state index in [1.165, 1.54) is 24.3 Å². The van der Waals surface area contributed by atoms with E-state index >= 15 is 0 Å². The predicted octanol–water partition coefficient (Wildman–Crippen LogP) is 2.61. The molecule has 0 saturated carbocycles. The van der Waals surface area contributed by atoms with Crippen LogP contribution in [0.15, 0.2) is 47.6 Å². The minimum atomic E-state index is -2.90. The van der Waals surface area contributed by atoms with Crippen LogP contribution in [-0.2, 0) is 4.79 Å². The van der Waals surface area contributed by atoms with Gasteiger partial charge in [-0.15, -0.1) is 0 Å². The maximum Gasteiger partial charge on any atom is 0.387 e. The number of aliphatic hydroxyl groups excluding tert-OH is 1. The molecule has 0 aliphatic carbocycles. The van der Waals surface area contributed by atoms with Crippen LogP contribution in [0.5, 0.6) is 5.75 Å². The monoisotopic (exact) mass is 435 g/mol. The maximum atomic E-state index is 12.2. The quantitative estimate of drug-likeness (QED) is 0.338. The average molecular weight is 435 g/mol. The highest BCUT2D eigenvalue weighted by atomic mass is 19.3. The molecule has 0 aliphatic heterocycles. The average Bonchev–Trinajstić information content (AvgIpc) is 2.73. The molecule has 0 spiro atoms. The summed E-state index contributed by atoms with van der Waals surface area (Å²) in [5, 5.41) is 19.1. The summed E-state index contributed by atoms with van der Waals surface area (Å²) in [5.41, 5.74) is 1.52. The van der Waals surface area contributed by atoms with Crippen LogP contribution >= 0.6 is 0 Å². The van der Waals surface area contributed by atoms with Crippen LogP contribution in [0.2, 0.25) is 0 Å². The lowest BCUT2D eigenvalue weighted by Gasteiger charge is -2.14. The zero-order valence-corrected chi connectivity index (χ0v) is 17.4. The Balaban J connectivity index is 1.82. The van der Waals surface area contributed by atoms with Crippen molar-refractivity contribution >= 4 is 17.7 Å². The summed E-state index contributed by atoms with van der Waals surface area (Å²) >= 11 is 0. The zero-order valence-electron chi connectivity index (χ0n) is 17.4. The molecule has 2 aromatic rings. The van der Waals surface area contributed by atoms with Crippen molar-refractivity contribution in [1.29, 1.82) is 0 Å². The predicted molar refractivity (Wildman–Crippen MR) is 114 cm³/mol. The molecule has 0 radical (unpaired) electrons. The van der Waals surface area contributed by atoms with E-state index in [-0.39, 0.29) is 24.6 Å². The van der Waals surface area contributed by atoms with Gasteiger partial charge in [0, 0.05) is 25.7 Å². The molecule has 2 rings (SSSR count). The number of benzene rings is 1. The van der Waals surface area contributed by atoms with Gasteiger partial charge >= 0.3 is 6.61 Å². The van der Waals surface area contributed by atoms with Crippen molar-refractivity contribution in [2.75, 3.05) is 25.0 Å². The van der Waals surface area contributed by atoms with Crippen molar-refractivity contribution in [2.24, 2.45) is 4.99 Å². The molecular weight excluding hydrogens is 408 g/mol. The van der Waals surface area contributed by atoms with E-state index in [1.54, 1.807) is 12.3 Å². The second-order valence-corrected chi connectivity index (χ2v) is 6.63. The van der Waals surface area contributed by atoms with E-state index in [1.807, 2.05) is 19.9 Å². The fourth-order valence-electron chi connectivity index (χ4n) is 2.54. The highest BCUT2D eigenvalue weighted by Gasteiger charge is 2.10. The van der Waals surface area contributed by atoms with Crippen molar-refractivity contribution in [3.63, 3.8) is 0 Å². The first-order chi connectivity index (χ1) is 14.9. The largest absolute Gasteiger partial charge is 0.435 e. The molecule has 8 nitrogen and oxygen atoms in total. The summed E-state index contributed by atoms with van der Waals surface area (Å²) in [6.07, 6.45) is 0.953. The van der Waals surface area contributed by atoms with Gasteiger partial charge in [0.15, 0.2) is 5.96 Å². The smallest absolute Gasteiger partial charge is 0.387 e. The third kappa shape index (κ3) is 8.95. The Morgan fingerprint density at radius 1 is 1.19 bits per heavy atom. The number of rotatable bonds is 10. The Kier molecular flexibility index (Phi) is 9.63. The molecule has 1 amide bonds. The van der Waals surface area contributed by atoms with Crippen molar-refractivity contribution in [3.8, 4) is 5.75 Å². The molecule has 1 heterocycles. The lowest BCUT2D eigenvalue weighted by atomic mass is 10.1. The topological polar surface area (TPSA) is 108 Å². The summed E-state index contributed by atoms with van der Waals surface area (Å²) in [4.78, 5) is 20.5. The van der Waals surface area contributed by atoms with Gasteiger partial charge in [0.25, 0.3) is 0 Å². The first kappa shape index (κ1) is 24.0. The number of halogens is 2. The number of guanidine groups is 1. The number of aliphatic imine (C=N–C) groups is 1. The molecular formula is C21H27F2N5O3. The molecule has 1 unspecified atom stereocenters. The number of ether oxygens (including phenoxy) is 1. The second kappa shape index (κ2) is 12.4. The molecule has 1 aromatic heterocycles. The van der Waals surface area contributed by atoms with Gasteiger partial charge < -0.3 is 25.8 Å². The van der Waals surface area contributed by atoms with Crippen LogP contribution in [-0.4, -0.2) is 48.2 Å². The number of aromatic nitrogens is 1. The van der Waals surface area contributed by atoms with Crippen molar-refractivity contribution in [3.05, 3.63) is 53.7 Å². The first-order valence-corrected chi connectivity index (χ1v) is 9.85. The van der Waals surface area contributed by atoms with Crippen LogP contribution < -0.4 is 20.7 Å². The number of aryl methyl sites for hydroxylation is 1. The Morgan fingerprint density at radius 2 is 1.94 bits per heavy atom. The molecule has 1 atom stereocenters. The van der Waals surface area contributed by atoms with E-state index in [0.29, 0.717) is 30.4 Å². The number of hydrogen-bond donors (Lipinski definition) is 4. The summed E-state index contributed by atoms with van der Waals surface area (Å²) in [6.45, 7) is 1.89. The molecule has 0 aliphatic rings. The number of amides is 1. The second-order valence-electron chi connectivity index (χ2n) is 6.63. The lowest BCUT2D eigenvalue weighted by molar-refractivity contribution is -0.116. The minimum Gasteiger partial charge on any atom is -0.435 e. The third-order valence-corrected chi connectivity index (χ3v) is 4.08. The third-order valence-electron chi connectivity index (χ3n) is 4.08. The number of carbonyl (C=O) groups excluding carboxylic acids is 1. The Hall–Kier alpha value is -3.27.